The molecule has 6 nitrogen and oxygen atoms in total. The summed E-state index contributed by atoms with van der Waals surface area (Å²) >= 11 is 7.90. The first-order chi connectivity index (χ1) is 14.9. The van der Waals surface area contributed by atoms with Crippen molar-refractivity contribution >= 4 is 29.5 Å². The number of aliphatic hydroxyl groups is 1. The van der Waals surface area contributed by atoms with Gasteiger partial charge in [0.2, 0.25) is 0 Å². The molecular weight excluding hydrogens is 450 g/mol. The summed E-state index contributed by atoms with van der Waals surface area (Å²) < 4.78 is 10.8. The average molecular weight is 482 g/mol. The Morgan fingerprint density at radius 3 is 2.47 bits per heavy atom. The van der Waals surface area contributed by atoms with Gasteiger partial charge in [-0.2, -0.15) is 0 Å². The van der Waals surface area contributed by atoms with Gasteiger partial charge in [0.05, 0.1) is 23.6 Å². The Hall–Kier alpha value is -2.09. The second kappa shape index (κ2) is 11.2. The number of halogens is 1. The molecule has 0 fully saturated rings. The SMILES string of the molecule is CCOc1ccc(O)c(Sc2ccc(CC[C@@](C)(CO)NC(=O)OC(C)(C)C)c(Cl)c2)c1. The number of rotatable bonds is 9. The van der Waals surface area contributed by atoms with E-state index in [0.717, 1.165) is 10.5 Å². The van der Waals surface area contributed by atoms with Gasteiger partial charge in [-0.05, 0) is 83.4 Å². The molecule has 1 amide bonds. The van der Waals surface area contributed by atoms with Gasteiger partial charge >= 0.3 is 6.09 Å². The number of amides is 1. The molecule has 0 spiro atoms. The van der Waals surface area contributed by atoms with Crippen molar-refractivity contribution in [3.8, 4) is 11.5 Å². The third-order valence-electron chi connectivity index (χ3n) is 4.59. The number of nitrogens with one attached hydrogen (secondary N) is 1. The van der Waals surface area contributed by atoms with E-state index >= 15 is 0 Å². The third-order valence-corrected chi connectivity index (χ3v) is 5.98. The summed E-state index contributed by atoms with van der Waals surface area (Å²) in [6.07, 6.45) is 0.467. The highest BCUT2D eigenvalue weighted by Crippen LogP contribution is 2.38. The van der Waals surface area contributed by atoms with Gasteiger partial charge in [0, 0.05) is 9.92 Å². The smallest absolute Gasteiger partial charge is 0.408 e. The number of carbonyl (C=O) groups is 1. The van der Waals surface area contributed by atoms with E-state index in [0.29, 0.717) is 35.1 Å². The zero-order valence-corrected chi connectivity index (χ0v) is 20.8. The minimum absolute atomic E-state index is 0.172. The van der Waals surface area contributed by atoms with Gasteiger partial charge < -0.3 is 25.0 Å². The van der Waals surface area contributed by atoms with Gasteiger partial charge in [0.15, 0.2) is 0 Å². The number of phenolic OH excluding ortho intramolecular Hbond substituents is 1. The van der Waals surface area contributed by atoms with E-state index in [1.54, 1.807) is 45.9 Å². The quantitative estimate of drug-likeness (QED) is 0.419. The second-order valence-corrected chi connectivity index (χ2v) is 10.3. The van der Waals surface area contributed by atoms with E-state index < -0.39 is 17.2 Å². The van der Waals surface area contributed by atoms with Crippen molar-refractivity contribution in [2.45, 2.75) is 68.4 Å². The monoisotopic (exact) mass is 481 g/mol. The summed E-state index contributed by atoms with van der Waals surface area (Å²) in [5.74, 6) is 0.863. The highest BCUT2D eigenvalue weighted by atomic mass is 35.5. The van der Waals surface area contributed by atoms with E-state index in [2.05, 4.69) is 5.32 Å². The molecule has 2 aromatic rings. The highest BCUT2D eigenvalue weighted by Gasteiger charge is 2.28. The molecule has 0 radical (unpaired) electrons. The standard InChI is InChI=1S/C24H32ClNO5S/c1-6-30-17-8-10-20(28)21(13-17)32-18-9-7-16(19(25)14-18)11-12-24(5,15-27)26-22(29)31-23(2,3)4/h7-10,13-14,27-28H,6,11-12,15H2,1-5H3,(H,26,29)/t24-/m0/s1. The lowest BCUT2D eigenvalue weighted by molar-refractivity contribution is 0.0407. The lowest BCUT2D eigenvalue weighted by Gasteiger charge is -2.30. The Labute approximate surface area is 199 Å². The Morgan fingerprint density at radius 2 is 1.88 bits per heavy atom. The van der Waals surface area contributed by atoms with Crippen molar-refractivity contribution in [1.29, 1.82) is 0 Å². The highest BCUT2D eigenvalue weighted by molar-refractivity contribution is 7.99. The van der Waals surface area contributed by atoms with Gasteiger partial charge in [-0.25, -0.2) is 4.79 Å². The van der Waals surface area contributed by atoms with Crippen LogP contribution in [0.1, 0.15) is 46.6 Å². The summed E-state index contributed by atoms with van der Waals surface area (Å²) in [5.41, 5.74) is -0.563. The van der Waals surface area contributed by atoms with Crippen molar-refractivity contribution in [2.75, 3.05) is 13.2 Å². The van der Waals surface area contributed by atoms with E-state index in [9.17, 15) is 15.0 Å². The summed E-state index contributed by atoms with van der Waals surface area (Å²) in [6, 6.07) is 10.8. The Balaban J connectivity index is 2.05. The predicted octanol–water partition coefficient (Wildman–Crippen LogP) is 5.80. The first kappa shape index (κ1) is 26.2. The summed E-state index contributed by atoms with van der Waals surface area (Å²) in [4.78, 5) is 13.7. The number of hydrogen-bond donors (Lipinski definition) is 3. The minimum atomic E-state index is -0.843. The van der Waals surface area contributed by atoms with Gasteiger partial charge in [-0.3, -0.25) is 0 Å². The summed E-state index contributed by atoms with van der Waals surface area (Å²) in [6.45, 7) is 9.35. The Morgan fingerprint density at radius 1 is 1.16 bits per heavy atom. The molecule has 2 rings (SSSR count). The van der Waals surface area contributed by atoms with Crippen molar-refractivity contribution < 1.29 is 24.5 Å². The molecule has 0 saturated heterocycles. The molecule has 0 aliphatic carbocycles. The van der Waals surface area contributed by atoms with Crippen LogP contribution >= 0.6 is 23.4 Å². The van der Waals surface area contributed by atoms with Crippen LogP contribution in [0.5, 0.6) is 11.5 Å². The predicted molar refractivity (Wildman–Crippen MR) is 128 cm³/mol. The van der Waals surface area contributed by atoms with Gasteiger partial charge in [0.25, 0.3) is 0 Å². The molecule has 0 bridgehead atoms. The van der Waals surface area contributed by atoms with Crippen LogP contribution in [0.3, 0.4) is 0 Å². The van der Waals surface area contributed by atoms with Gasteiger partial charge in [-0.1, -0.05) is 29.4 Å². The number of aliphatic hydroxyl groups excluding tert-OH is 1. The Kier molecular flexibility index (Phi) is 9.13. The zero-order chi connectivity index (χ0) is 23.9. The number of aryl methyl sites for hydroxylation is 1. The largest absolute Gasteiger partial charge is 0.507 e. The van der Waals surface area contributed by atoms with Crippen LogP contribution in [-0.2, 0) is 11.2 Å². The molecule has 32 heavy (non-hydrogen) atoms. The normalized spacial score (nSPS) is 13.3. The molecular formula is C24H32ClNO5S. The van der Waals surface area contributed by atoms with E-state index in [1.807, 2.05) is 25.1 Å². The molecule has 0 aliphatic rings. The molecule has 1 atom stereocenters. The topological polar surface area (TPSA) is 88.0 Å². The second-order valence-electron chi connectivity index (χ2n) is 8.76. The number of alkyl carbamates (subject to hydrolysis) is 1. The van der Waals surface area contributed by atoms with Crippen molar-refractivity contribution in [3.05, 3.63) is 47.0 Å². The maximum Gasteiger partial charge on any atom is 0.408 e. The molecule has 0 heterocycles. The molecule has 8 heteroatoms. The molecule has 2 aromatic carbocycles. The first-order valence-electron chi connectivity index (χ1n) is 10.5. The van der Waals surface area contributed by atoms with Crippen LogP contribution in [0.2, 0.25) is 5.02 Å². The molecule has 176 valence electrons. The number of hydrogen-bond acceptors (Lipinski definition) is 6. The van der Waals surface area contributed by atoms with Crippen LogP contribution in [0.4, 0.5) is 4.79 Å². The molecule has 0 aromatic heterocycles. The number of aromatic hydroxyl groups is 1. The van der Waals surface area contributed by atoms with Crippen LogP contribution < -0.4 is 10.1 Å². The first-order valence-corrected chi connectivity index (χ1v) is 11.7. The van der Waals surface area contributed by atoms with Gasteiger partial charge in [-0.15, -0.1) is 0 Å². The van der Waals surface area contributed by atoms with Crippen LogP contribution in [-0.4, -0.2) is 40.7 Å². The number of phenols is 1. The number of ether oxygens (including phenoxy) is 2. The van der Waals surface area contributed by atoms with Crippen LogP contribution in [0.15, 0.2) is 46.2 Å². The van der Waals surface area contributed by atoms with E-state index in [-0.39, 0.29) is 12.4 Å². The van der Waals surface area contributed by atoms with Gasteiger partial charge in [0.1, 0.15) is 17.1 Å². The molecule has 3 N–H and O–H groups in total. The van der Waals surface area contributed by atoms with Crippen LogP contribution in [0.25, 0.3) is 0 Å². The lowest BCUT2D eigenvalue weighted by atomic mass is 9.94. The molecule has 0 aliphatic heterocycles. The molecule has 0 saturated carbocycles. The number of benzene rings is 2. The lowest BCUT2D eigenvalue weighted by Crippen LogP contribution is -2.50. The maximum atomic E-state index is 12.1. The van der Waals surface area contributed by atoms with Crippen LogP contribution in [0, 0.1) is 0 Å². The Bertz CT molecular complexity index is 931. The fourth-order valence-corrected chi connectivity index (χ4v) is 4.15. The molecule has 0 unspecified atom stereocenters. The third kappa shape index (κ3) is 8.11. The minimum Gasteiger partial charge on any atom is -0.507 e. The van der Waals surface area contributed by atoms with Crippen molar-refractivity contribution in [1.82, 2.24) is 5.32 Å². The van der Waals surface area contributed by atoms with Crippen molar-refractivity contribution in [2.24, 2.45) is 0 Å². The average Bonchev–Trinajstić information content (AvgIpc) is 2.68. The summed E-state index contributed by atoms with van der Waals surface area (Å²) in [7, 11) is 0. The van der Waals surface area contributed by atoms with Crippen molar-refractivity contribution in [3.63, 3.8) is 0 Å². The zero-order valence-electron chi connectivity index (χ0n) is 19.2. The number of carbonyl (C=O) groups excluding carboxylic acids is 1. The van der Waals surface area contributed by atoms with E-state index in [1.165, 1.54) is 11.8 Å². The fraction of sp³-hybridized carbons (Fsp3) is 0.458. The summed E-state index contributed by atoms with van der Waals surface area (Å²) in [5, 5.41) is 23.3. The maximum absolute atomic E-state index is 12.1. The fourth-order valence-electron chi connectivity index (χ4n) is 2.90. The van der Waals surface area contributed by atoms with E-state index in [4.69, 9.17) is 21.1 Å².